The van der Waals surface area contributed by atoms with Crippen LogP contribution in [0.15, 0.2) is 35.7 Å². The minimum Gasteiger partial charge on any atom is -0.329 e. The van der Waals surface area contributed by atoms with Crippen LogP contribution in [0.1, 0.15) is 5.56 Å². The average Bonchev–Trinajstić information content (AvgIpc) is 2.76. The number of carbonyl (C=O) groups is 1. The van der Waals surface area contributed by atoms with Gasteiger partial charge in [0.2, 0.25) is 5.91 Å². The number of aryl methyl sites for hydroxylation is 2. The van der Waals surface area contributed by atoms with Crippen molar-refractivity contribution in [1.29, 1.82) is 0 Å². The summed E-state index contributed by atoms with van der Waals surface area (Å²) in [6.45, 7) is 1.95. The Morgan fingerprint density at radius 2 is 2.32 bits per heavy atom. The zero-order chi connectivity index (χ0) is 13.8. The van der Waals surface area contributed by atoms with Crippen molar-refractivity contribution in [3.63, 3.8) is 0 Å². The second-order valence-electron chi connectivity index (χ2n) is 4.14. The largest absolute Gasteiger partial charge is 0.329 e. The third-order valence-corrected chi connectivity index (χ3v) is 3.88. The number of halogens is 1. The predicted molar refractivity (Wildman–Crippen MR) is 78.8 cm³/mol. The lowest BCUT2D eigenvalue weighted by Crippen LogP contribution is -2.14. The van der Waals surface area contributed by atoms with E-state index in [1.165, 1.54) is 11.8 Å². The second-order valence-corrected chi connectivity index (χ2v) is 5.49. The minimum atomic E-state index is -0.0984. The van der Waals surface area contributed by atoms with E-state index in [0.717, 1.165) is 10.7 Å². The average molecular weight is 296 g/mol. The summed E-state index contributed by atoms with van der Waals surface area (Å²) in [5.74, 6) is 0.202. The van der Waals surface area contributed by atoms with E-state index in [0.29, 0.717) is 16.5 Å². The smallest absolute Gasteiger partial charge is 0.234 e. The van der Waals surface area contributed by atoms with E-state index in [4.69, 9.17) is 11.6 Å². The van der Waals surface area contributed by atoms with E-state index >= 15 is 0 Å². The summed E-state index contributed by atoms with van der Waals surface area (Å²) in [5, 5.41) is 4.15. The molecule has 0 radical (unpaired) electrons. The molecule has 1 aromatic carbocycles. The molecule has 0 saturated heterocycles. The highest BCUT2D eigenvalue weighted by molar-refractivity contribution is 7.99. The molecule has 0 aliphatic carbocycles. The summed E-state index contributed by atoms with van der Waals surface area (Å²) in [4.78, 5) is 16.0. The number of hydrogen-bond donors (Lipinski definition) is 1. The molecule has 1 N–H and O–H groups in total. The Morgan fingerprint density at radius 1 is 1.53 bits per heavy atom. The second kappa shape index (κ2) is 6.12. The lowest BCUT2D eigenvalue weighted by Gasteiger charge is -2.07. The van der Waals surface area contributed by atoms with E-state index < -0.39 is 0 Å². The number of anilines is 1. The molecule has 1 amide bonds. The van der Waals surface area contributed by atoms with Crippen LogP contribution in [0.25, 0.3) is 0 Å². The highest BCUT2D eigenvalue weighted by Gasteiger charge is 2.08. The number of hydrogen-bond acceptors (Lipinski definition) is 3. The standard InChI is InChI=1S/C13H14ClN3OS/c1-9-3-4-11(10(14)7-9)16-12(18)8-19-13-15-5-6-17(13)2/h3-7H,8H2,1-2H3,(H,16,18). The fourth-order valence-corrected chi connectivity index (χ4v) is 2.54. The number of nitrogens with zero attached hydrogens (tertiary/aromatic N) is 2. The molecule has 2 rings (SSSR count). The molecule has 2 aromatic rings. The van der Waals surface area contributed by atoms with Gasteiger partial charge in [0, 0.05) is 19.4 Å². The van der Waals surface area contributed by atoms with Crippen LogP contribution in [0.5, 0.6) is 0 Å². The molecule has 1 heterocycles. The number of amides is 1. The summed E-state index contributed by atoms with van der Waals surface area (Å²) in [5.41, 5.74) is 1.70. The van der Waals surface area contributed by atoms with Gasteiger partial charge in [0.1, 0.15) is 0 Å². The maximum absolute atomic E-state index is 11.8. The van der Waals surface area contributed by atoms with Gasteiger partial charge in [0.05, 0.1) is 16.5 Å². The van der Waals surface area contributed by atoms with Crippen LogP contribution in [-0.2, 0) is 11.8 Å². The van der Waals surface area contributed by atoms with E-state index in [1.54, 1.807) is 12.3 Å². The Morgan fingerprint density at radius 3 is 2.95 bits per heavy atom. The van der Waals surface area contributed by atoms with Gasteiger partial charge in [0.15, 0.2) is 5.16 Å². The Hall–Kier alpha value is -1.46. The highest BCUT2D eigenvalue weighted by Crippen LogP contribution is 2.23. The quantitative estimate of drug-likeness (QED) is 0.882. The zero-order valence-corrected chi connectivity index (χ0v) is 12.3. The van der Waals surface area contributed by atoms with Gasteiger partial charge in [-0.1, -0.05) is 29.4 Å². The van der Waals surface area contributed by atoms with Crippen molar-refractivity contribution in [2.45, 2.75) is 12.1 Å². The van der Waals surface area contributed by atoms with Gasteiger partial charge < -0.3 is 9.88 Å². The summed E-state index contributed by atoms with van der Waals surface area (Å²) in [7, 11) is 1.89. The van der Waals surface area contributed by atoms with E-state index in [9.17, 15) is 4.79 Å². The van der Waals surface area contributed by atoms with Crippen molar-refractivity contribution in [1.82, 2.24) is 9.55 Å². The van der Waals surface area contributed by atoms with Crippen LogP contribution in [0, 0.1) is 6.92 Å². The first-order chi connectivity index (χ1) is 9.06. The number of rotatable bonds is 4. The first-order valence-corrected chi connectivity index (χ1v) is 7.09. The van der Waals surface area contributed by atoms with Crippen LogP contribution in [0.4, 0.5) is 5.69 Å². The van der Waals surface area contributed by atoms with Crippen LogP contribution in [0.2, 0.25) is 5.02 Å². The molecule has 0 aliphatic heterocycles. The van der Waals surface area contributed by atoms with Gasteiger partial charge in [-0.25, -0.2) is 4.98 Å². The fourth-order valence-electron chi connectivity index (χ4n) is 1.53. The summed E-state index contributed by atoms with van der Waals surface area (Å²) >= 11 is 7.45. The van der Waals surface area contributed by atoms with Gasteiger partial charge in [-0.05, 0) is 24.6 Å². The van der Waals surface area contributed by atoms with Crippen LogP contribution < -0.4 is 5.32 Å². The monoisotopic (exact) mass is 295 g/mol. The van der Waals surface area contributed by atoms with Crippen molar-refractivity contribution in [3.8, 4) is 0 Å². The number of imidazole rings is 1. The molecule has 0 aliphatic rings. The number of nitrogens with one attached hydrogen (secondary N) is 1. The third-order valence-electron chi connectivity index (χ3n) is 2.51. The molecular weight excluding hydrogens is 282 g/mol. The molecule has 0 unspecified atom stereocenters. The summed E-state index contributed by atoms with van der Waals surface area (Å²) in [6, 6.07) is 5.54. The van der Waals surface area contributed by atoms with Crippen molar-refractivity contribution >= 4 is 35.0 Å². The van der Waals surface area contributed by atoms with Crippen molar-refractivity contribution in [3.05, 3.63) is 41.2 Å². The van der Waals surface area contributed by atoms with Crippen molar-refractivity contribution in [2.75, 3.05) is 11.1 Å². The fraction of sp³-hybridized carbons (Fsp3) is 0.231. The number of benzene rings is 1. The van der Waals surface area contributed by atoms with Crippen LogP contribution in [0.3, 0.4) is 0 Å². The number of aromatic nitrogens is 2. The molecule has 100 valence electrons. The summed E-state index contributed by atoms with van der Waals surface area (Å²) in [6.07, 6.45) is 3.55. The number of thioether (sulfide) groups is 1. The molecule has 4 nitrogen and oxygen atoms in total. The minimum absolute atomic E-state index is 0.0984. The van der Waals surface area contributed by atoms with Crippen LogP contribution in [-0.4, -0.2) is 21.2 Å². The molecule has 0 atom stereocenters. The normalized spacial score (nSPS) is 10.5. The molecule has 0 fully saturated rings. The third kappa shape index (κ3) is 3.75. The molecule has 0 spiro atoms. The van der Waals surface area contributed by atoms with E-state index in [-0.39, 0.29) is 5.91 Å². The number of carbonyl (C=O) groups excluding carboxylic acids is 1. The maximum Gasteiger partial charge on any atom is 0.234 e. The SMILES string of the molecule is Cc1ccc(NC(=O)CSc2nccn2C)c(Cl)c1. The van der Waals surface area contributed by atoms with Gasteiger partial charge in [0.25, 0.3) is 0 Å². The van der Waals surface area contributed by atoms with Gasteiger partial charge in [-0.3, -0.25) is 4.79 Å². The maximum atomic E-state index is 11.8. The van der Waals surface area contributed by atoms with Gasteiger partial charge >= 0.3 is 0 Å². The zero-order valence-electron chi connectivity index (χ0n) is 10.7. The van der Waals surface area contributed by atoms with Crippen molar-refractivity contribution in [2.24, 2.45) is 7.05 Å². The first-order valence-electron chi connectivity index (χ1n) is 5.72. The predicted octanol–water partition coefficient (Wildman–Crippen LogP) is 3.11. The van der Waals surface area contributed by atoms with Crippen LogP contribution >= 0.6 is 23.4 Å². The molecular formula is C13H14ClN3OS. The Kier molecular flexibility index (Phi) is 4.50. The Balaban J connectivity index is 1.93. The Labute approximate surface area is 121 Å². The first kappa shape index (κ1) is 14.0. The molecule has 0 saturated carbocycles. The topological polar surface area (TPSA) is 46.9 Å². The van der Waals surface area contributed by atoms with E-state index in [2.05, 4.69) is 10.3 Å². The highest BCUT2D eigenvalue weighted by atomic mass is 35.5. The van der Waals surface area contributed by atoms with Gasteiger partial charge in [-0.2, -0.15) is 0 Å². The summed E-state index contributed by atoms with van der Waals surface area (Å²) < 4.78 is 1.87. The molecule has 0 bridgehead atoms. The lowest BCUT2D eigenvalue weighted by atomic mass is 10.2. The van der Waals surface area contributed by atoms with Crippen molar-refractivity contribution < 1.29 is 4.79 Å². The molecule has 1 aromatic heterocycles. The van der Waals surface area contributed by atoms with E-state index in [1.807, 2.05) is 36.9 Å². The molecule has 6 heteroatoms. The Bertz CT molecular complexity index is 597. The molecule has 19 heavy (non-hydrogen) atoms. The lowest BCUT2D eigenvalue weighted by molar-refractivity contribution is -0.113. The van der Waals surface area contributed by atoms with Gasteiger partial charge in [-0.15, -0.1) is 0 Å².